The Morgan fingerprint density at radius 1 is 1.37 bits per heavy atom. The summed E-state index contributed by atoms with van der Waals surface area (Å²) in [6.45, 7) is -0.0696. The minimum atomic E-state index is -1.13. The summed E-state index contributed by atoms with van der Waals surface area (Å²) in [5.41, 5.74) is 0.471. The van der Waals surface area contributed by atoms with Gasteiger partial charge in [0.05, 0.1) is 0 Å². The number of carbonyl (C=O) groups is 2. The summed E-state index contributed by atoms with van der Waals surface area (Å²) in [7, 11) is 0. The van der Waals surface area contributed by atoms with E-state index in [-0.39, 0.29) is 18.1 Å². The lowest BCUT2D eigenvalue weighted by Crippen LogP contribution is -2.19. The van der Waals surface area contributed by atoms with Crippen LogP contribution in [0.15, 0.2) is 36.5 Å². The molecule has 0 atom stereocenters. The van der Waals surface area contributed by atoms with Crippen LogP contribution in [-0.2, 0) is 11.3 Å². The van der Waals surface area contributed by atoms with Crippen molar-refractivity contribution in [3.63, 3.8) is 0 Å². The lowest BCUT2D eigenvalue weighted by atomic mass is 10.3. The van der Waals surface area contributed by atoms with Gasteiger partial charge in [-0.3, -0.25) is 9.48 Å². The van der Waals surface area contributed by atoms with Crippen LogP contribution in [0.1, 0.15) is 10.5 Å². The van der Waals surface area contributed by atoms with E-state index in [0.717, 1.165) is 0 Å². The molecule has 0 saturated heterocycles. The highest BCUT2D eigenvalue weighted by Gasteiger charge is 2.09. The zero-order valence-corrected chi connectivity index (χ0v) is 10.5. The first kappa shape index (κ1) is 13.1. The summed E-state index contributed by atoms with van der Waals surface area (Å²) in [4.78, 5) is 22.3. The van der Waals surface area contributed by atoms with Crippen LogP contribution in [0.4, 0.5) is 5.69 Å². The van der Waals surface area contributed by atoms with Gasteiger partial charge in [0.25, 0.3) is 0 Å². The molecule has 7 heteroatoms. The Balaban J connectivity index is 1.99. The maximum absolute atomic E-state index is 11.7. The zero-order chi connectivity index (χ0) is 13.8. The van der Waals surface area contributed by atoms with Crippen molar-refractivity contribution in [2.24, 2.45) is 0 Å². The number of amides is 1. The Labute approximate surface area is 113 Å². The fourth-order valence-corrected chi connectivity index (χ4v) is 1.67. The molecule has 0 unspecified atom stereocenters. The topological polar surface area (TPSA) is 84.2 Å². The van der Waals surface area contributed by atoms with Gasteiger partial charge in [0.15, 0.2) is 5.69 Å². The van der Waals surface area contributed by atoms with Gasteiger partial charge in [-0.05, 0) is 24.3 Å². The molecule has 19 heavy (non-hydrogen) atoms. The summed E-state index contributed by atoms with van der Waals surface area (Å²) >= 11 is 5.79. The summed E-state index contributed by atoms with van der Waals surface area (Å²) in [5, 5.41) is 15.6. The lowest BCUT2D eigenvalue weighted by molar-refractivity contribution is -0.116. The number of rotatable bonds is 4. The van der Waals surface area contributed by atoms with Gasteiger partial charge in [-0.15, -0.1) is 0 Å². The normalized spacial score (nSPS) is 10.2. The van der Waals surface area contributed by atoms with E-state index < -0.39 is 5.97 Å². The monoisotopic (exact) mass is 279 g/mol. The van der Waals surface area contributed by atoms with Crippen LogP contribution in [0.5, 0.6) is 0 Å². The number of aromatic nitrogens is 2. The van der Waals surface area contributed by atoms with Crippen molar-refractivity contribution < 1.29 is 14.7 Å². The predicted molar refractivity (Wildman–Crippen MR) is 69.3 cm³/mol. The molecule has 2 rings (SSSR count). The van der Waals surface area contributed by atoms with Crippen LogP contribution < -0.4 is 5.32 Å². The Morgan fingerprint density at radius 2 is 2.16 bits per heavy atom. The fraction of sp³-hybridized carbons (Fsp3) is 0.0833. The van der Waals surface area contributed by atoms with E-state index in [2.05, 4.69) is 10.4 Å². The second kappa shape index (κ2) is 5.53. The number of nitrogens with one attached hydrogen (secondary N) is 1. The predicted octanol–water partition coefficient (Wildman–Crippen LogP) is 1.87. The van der Waals surface area contributed by atoms with Crippen molar-refractivity contribution in [1.29, 1.82) is 0 Å². The number of carboxylic acids is 1. The van der Waals surface area contributed by atoms with E-state index in [4.69, 9.17) is 16.7 Å². The number of aromatic carboxylic acids is 1. The van der Waals surface area contributed by atoms with Gasteiger partial charge < -0.3 is 10.4 Å². The third-order valence-electron chi connectivity index (χ3n) is 2.27. The quantitative estimate of drug-likeness (QED) is 0.895. The molecule has 98 valence electrons. The average molecular weight is 280 g/mol. The Bertz CT molecular complexity index is 624. The molecule has 0 aliphatic rings. The number of benzene rings is 1. The Hall–Kier alpha value is -2.34. The first-order chi connectivity index (χ1) is 9.04. The molecule has 1 amide bonds. The molecule has 0 spiro atoms. The van der Waals surface area contributed by atoms with E-state index in [1.807, 2.05) is 0 Å². The van der Waals surface area contributed by atoms with Gasteiger partial charge in [0.1, 0.15) is 6.54 Å². The van der Waals surface area contributed by atoms with E-state index in [9.17, 15) is 9.59 Å². The van der Waals surface area contributed by atoms with Gasteiger partial charge in [-0.2, -0.15) is 5.10 Å². The number of carboxylic acid groups (broad SMARTS) is 1. The van der Waals surface area contributed by atoms with Crippen molar-refractivity contribution in [1.82, 2.24) is 9.78 Å². The molecule has 0 bridgehead atoms. The van der Waals surface area contributed by atoms with Crippen LogP contribution in [0.3, 0.4) is 0 Å². The molecule has 0 aliphatic carbocycles. The largest absolute Gasteiger partial charge is 0.476 e. The van der Waals surface area contributed by atoms with Gasteiger partial charge in [-0.1, -0.05) is 17.7 Å². The number of nitrogens with zero attached hydrogens (tertiary/aromatic N) is 2. The SMILES string of the molecule is O=C(Cn1ccc(C(=O)O)n1)Nc1cccc(Cl)c1. The van der Waals surface area contributed by atoms with Crippen molar-refractivity contribution in [3.05, 3.63) is 47.2 Å². The number of hydrogen-bond donors (Lipinski definition) is 2. The van der Waals surface area contributed by atoms with Crippen LogP contribution in [0.2, 0.25) is 5.02 Å². The van der Waals surface area contributed by atoms with Crippen LogP contribution in [-0.4, -0.2) is 26.8 Å². The summed E-state index contributed by atoms with van der Waals surface area (Å²) in [5.74, 6) is -1.45. The number of hydrogen-bond acceptors (Lipinski definition) is 3. The second-order valence-electron chi connectivity index (χ2n) is 3.76. The fourth-order valence-electron chi connectivity index (χ4n) is 1.48. The van der Waals surface area contributed by atoms with Crippen LogP contribution >= 0.6 is 11.6 Å². The van der Waals surface area contributed by atoms with Crippen molar-refractivity contribution in [3.8, 4) is 0 Å². The van der Waals surface area contributed by atoms with E-state index in [1.54, 1.807) is 24.3 Å². The van der Waals surface area contributed by atoms with Crippen molar-refractivity contribution in [2.75, 3.05) is 5.32 Å². The molecular weight excluding hydrogens is 270 g/mol. The summed E-state index contributed by atoms with van der Waals surface area (Å²) in [6.07, 6.45) is 1.43. The Morgan fingerprint density at radius 3 is 2.79 bits per heavy atom. The minimum absolute atomic E-state index is 0.0696. The van der Waals surface area contributed by atoms with Gasteiger partial charge in [-0.25, -0.2) is 4.79 Å². The molecule has 1 aromatic heterocycles. The van der Waals surface area contributed by atoms with Gasteiger partial charge in [0, 0.05) is 16.9 Å². The van der Waals surface area contributed by atoms with E-state index >= 15 is 0 Å². The summed E-state index contributed by atoms with van der Waals surface area (Å²) in [6, 6.07) is 8.06. The molecule has 0 aliphatic heterocycles. The maximum atomic E-state index is 11.7. The van der Waals surface area contributed by atoms with E-state index in [1.165, 1.54) is 16.9 Å². The first-order valence-electron chi connectivity index (χ1n) is 5.37. The standard InChI is InChI=1S/C12H10ClN3O3/c13-8-2-1-3-9(6-8)14-11(17)7-16-5-4-10(15-16)12(18)19/h1-6H,7H2,(H,14,17)(H,18,19). The molecule has 0 radical (unpaired) electrons. The highest BCUT2D eigenvalue weighted by Crippen LogP contribution is 2.14. The second-order valence-corrected chi connectivity index (χ2v) is 4.20. The third-order valence-corrected chi connectivity index (χ3v) is 2.51. The number of anilines is 1. The van der Waals surface area contributed by atoms with Crippen LogP contribution in [0.25, 0.3) is 0 Å². The zero-order valence-electron chi connectivity index (χ0n) is 9.71. The summed E-state index contributed by atoms with van der Waals surface area (Å²) < 4.78 is 1.25. The van der Waals surface area contributed by atoms with Gasteiger partial charge >= 0.3 is 5.97 Å². The molecule has 0 fully saturated rings. The number of halogens is 1. The molecule has 2 N–H and O–H groups in total. The smallest absolute Gasteiger partial charge is 0.356 e. The molecule has 1 aromatic carbocycles. The average Bonchev–Trinajstić information content (AvgIpc) is 2.77. The highest BCUT2D eigenvalue weighted by molar-refractivity contribution is 6.30. The molecule has 2 aromatic rings. The Kier molecular flexibility index (Phi) is 3.82. The molecule has 6 nitrogen and oxygen atoms in total. The molecular formula is C12H10ClN3O3. The lowest BCUT2D eigenvalue weighted by Gasteiger charge is -2.05. The molecule has 0 saturated carbocycles. The first-order valence-corrected chi connectivity index (χ1v) is 5.74. The molecule has 1 heterocycles. The van der Waals surface area contributed by atoms with Crippen molar-refractivity contribution in [2.45, 2.75) is 6.54 Å². The minimum Gasteiger partial charge on any atom is -0.476 e. The maximum Gasteiger partial charge on any atom is 0.356 e. The van der Waals surface area contributed by atoms with Crippen molar-refractivity contribution >= 4 is 29.2 Å². The third kappa shape index (κ3) is 3.56. The van der Waals surface area contributed by atoms with E-state index in [0.29, 0.717) is 10.7 Å². The highest BCUT2D eigenvalue weighted by atomic mass is 35.5. The van der Waals surface area contributed by atoms with Crippen LogP contribution in [0, 0.1) is 0 Å². The van der Waals surface area contributed by atoms with Gasteiger partial charge in [0.2, 0.25) is 5.91 Å². The number of carbonyl (C=O) groups excluding carboxylic acids is 1.